The second kappa shape index (κ2) is 9.69. The van der Waals surface area contributed by atoms with E-state index < -0.39 is 5.72 Å². The van der Waals surface area contributed by atoms with Crippen molar-refractivity contribution in [1.82, 2.24) is 10.2 Å². The summed E-state index contributed by atoms with van der Waals surface area (Å²) in [6.07, 6.45) is 13.0. The van der Waals surface area contributed by atoms with Crippen molar-refractivity contribution < 1.29 is 5.11 Å². The summed E-state index contributed by atoms with van der Waals surface area (Å²) in [5.41, 5.74) is -0.809. The number of unbranched alkanes of at least 4 members (excludes halogenated alkanes) is 3. The maximum atomic E-state index is 10.9. The Hall–Kier alpha value is -0.380. The summed E-state index contributed by atoms with van der Waals surface area (Å²) >= 11 is 0. The molecule has 0 radical (unpaired) electrons. The zero-order valence-electron chi connectivity index (χ0n) is 15.4. The Morgan fingerprint density at radius 1 is 1.36 bits per heavy atom. The number of hydrogen-bond acceptors (Lipinski definition) is 3. The molecule has 0 aliphatic carbocycles. The van der Waals surface area contributed by atoms with Gasteiger partial charge in [-0.25, -0.2) is 0 Å². The van der Waals surface area contributed by atoms with Crippen molar-refractivity contribution in [2.24, 2.45) is 5.92 Å². The number of hydrogen-bond donors (Lipinski definition) is 2. The molecule has 130 valence electrons. The summed E-state index contributed by atoms with van der Waals surface area (Å²) in [4.78, 5) is 2.28. The predicted octanol–water partition coefficient (Wildman–Crippen LogP) is 3.93. The zero-order valence-corrected chi connectivity index (χ0v) is 15.4. The van der Waals surface area contributed by atoms with Crippen molar-refractivity contribution in [2.75, 3.05) is 13.6 Å². The lowest BCUT2D eigenvalue weighted by Gasteiger charge is -2.39. The highest BCUT2D eigenvalue weighted by Crippen LogP contribution is 2.25. The maximum Gasteiger partial charge on any atom is 0.129 e. The van der Waals surface area contributed by atoms with E-state index >= 15 is 0 Å². The minimum absolute atomic E-state index is 0.224. The first-order valence-corrected chi connectivity index (χ1v) is 9.29. The Morgan fingerprint density at radius 2 is 2.09 bits per heavy atom. The van der Waals surface area contributed by atoms with E-state index in [4.69, 9.17) is 0 Å². The third kappa shape index (κ3) is 6.02. The van der Waals surface area contributed by atoms with E-state index in [0.29, 0.717) is 12.0 Å². The second-order valence-corrected chi connectivity index (χ2v) is 7.23. The fourth-order valence-corrected chi connectivity index (χ4v) is 3.65. The molecule has 0 amide bonds. The van der Waals surface area contributed by atoms with Crippen LogP contribution in [0.2, 0.25) is 0 Å². The third-order valence-corrected chi connectivity index (χ3v) is 5.14. The van der Waals surface area contributed by atoms with E-state index in [1.165, 1.54) is 32.1 Å². The van der Waals surface area contributed by atoms with Crippen molar-refractivity contribution in [3.63, 3.8) is 0 Å². The third-order valence-electron chi connectivity index (χ3n) is 5.14. The summed E-state index contributed by atoms with van der Waals surface area (Å²) in [5.74, 6) is 0.449. The Labute approximate surface area is 138 Å². The van der Waals surface area contributed by atoms with Crippen molar-refractivity contribution in [3.8, 4) is 0 Å². The van der Waals surface area contributed by atoms with Gasteiger partial charge in [-0.05, 0) is 58.5 Å². The smallest absolute Gasteiger partial charge is 0.129 e. The van der Waals surface area contributed by atoms with Gasteiger partial charge < -0.3 is 5.11 Å². The molecule has 1 rings (SSSR count). The molecule has 0 saturated carbocycles. The first-order valence-electron chi connectivity index (χ1n) is 9.29. The molecule has 0 aromatic rings. The van der Waals surface area contributed by atoms with Crippen molar-refractivity contribution >= 4 is 0 Å². The minimum Gasteiger partial charge on any atom is -0.374 e. The van der Waals surface area contributed by atoms with Crippen LogP contribution in [0, 0.1) is 5.92 Å². The molecule has 1 saturated heterocycles. The lowest BCUT2D eigenvalue weighted by Crippen LogP contribution is -2.60. The van der Waals surface area contributed by atoms with Crippen LogP contribution in [0.5, 0.6) is 0 Å². The lowest BCUT2D eigenvalue weighted by molar-refractivity contribution is -0.0515. The molecule has 3 nitrogen and oxygen atoms in total. The molecular weight excluding hydrogens is 272 g/mol. The number of allylic oxidation sites excluding steroid dienone is 1. The van der Waals surface area contributed by atoms with Crippen molar-refractivity contribution in [2.45, 2.75) is 90.4 Å². The molecule has 1 aliphatic heterocycles. The van der Waals surface area contributed by atoms with Crippen LogP contribution in [0.25, 0.3) is 0 Å². The molecule has 0 aromatic heterocycles. The van der Waals surface area contributed by atoms with Gasteiger partial charge in [0, 0.05) is 6.04 Å². The molecule has 4 atom stereocenters. The lowest BCUT2D eigenvalue weighted by atomic mass is 9.94. The first kappa shape index (κ1) is 19.7. The van der Waals surface area contributed by atoms with E-state index in [1.807, 2.05) is 6.92 Å². The molecule has 3 heteroatoms. The van der Waals surface area contributed by atoms with Crippen LogP contribution in [0.3, 0.4) is 0 Å². The zero-order chi connectivity index (χ0) is 16.6. The molecular formula is C19H38N2O. The minimum atomic E-state index is -0.809. The molecule has 1 heterocycles. The van der Waals surface area contributed by atoms with Crippen molar-refractivity contribution in [3.05, 3.63) is 12.2 Å². The molecule has 0 bridgehead atoms. The van der Waals surface area contributed by atoms with E-state index in [1.54, 1.807) is 0 Å². The van der Waals surface area contributed by atoms with Crippen molar-refractivity contribution in [1.29, 1.82) is 0 Å². The number of likely N-dealkylation sites (tertiary alicyclic amines) is 1. The maximum absolute atomic E-state index is 10.9. The van der Waals surface area contributed by atoms with Crippen LogP contribution in [-0.4, -0.2) is 41.4 Å². The van der Waals surface area contributed by atoms with Crippen LogP contribution in [0.4, 0.5) is 0 Å². The summed E-state index contributed by atoms with van der Waals surface area (Å²) < 4.78 is 0. The Balaban J connectivity index is 2.51. The number of rotatable bonds is 10. The fourth-order valence-electron chi connectivity index (χ4n) is 3.65. The van der Waals surface area contributed by atoms with Gasteiger partial charge in [0.15, 0.2) is 0 Å². The number of nitrogens with one attached hydrogen (secondary N) is 1. The van der Waals surface area contributed by atoms with Crippen LogP contribution >= 0.6 is 0 Å². The molecule has 1 fully saturated rings. The van der Waals surface area contributed by atoms with E-state index in [2.05, 4.69) is 50.2 Å². The molecule has 0 aromatic carbocycles. The van der Waals surface area contributed by atoms with Gasteiger partial charge in [0.1, 0.15) is 5.72 Å². The largest absolute Gasteiger partial charge is 0.374 e. The van der Waals surface area contributed by atoms with Crippen LogP contribution in [0.1, 0.15) is 72.6 Å². The molecule has 2 N–H and O–H groups in total. The fraction of sp³-hybridized carbons (Fsp3) is 0.895. The summed E-state index contributed by atoms with van der Waals surface area (Å²) in [6, 6.07) is 0.550. The Morgan fingerprint density at radius 3 is 2.64 bits per heavy atom. The average Bonchev–Trinajstić information content (AvgIpc) is 2.91. The van der Waals surface area contributed by atoms with Gasteiger partial charge in [-0.3, -0.25) is 10.2 Å². The standard InChI is InChI=1S/C19H38N2O/c1-6-8-9-10-11-13-16(3)17(7-2)20-19(4,22)18-14-12-15-21(18)5/h11,13,16-18,20,22H,6-10,12,14-15H2,1-5H3/b13-11-. The van der Waals surface area contributed by atoms with E-state index in [9.17, 15) is 5.11 Å². The van der Waals surface area contributed by atoms with E-state index in [0.717, 1.165) is 19.4 Å². The Kier molecular flexibility index (Phi) is 8.66. The summed E-state index contributed by atoms with van der Waals surface area (Å²) in [7, 11) is 2.12. The van der Waals surface area contributed by atoms with Crippen LogP contribution < -0.4 is 5.32 Å². The van der Waals surface area contributed by atoms with Gasteiger partial charge in [-0.2, -0.15) is 0 Å². The summed E-state index contributed by atoms with van der Waals surface area (Å²) in [6.45, 7) is 9.73. The molecule has 0 spiro atoms. The topological polar surface area (TPSA) is 35.5 Å². The van der Waals surface area contributed by atoms with Gasteiger partial charge in [0.05, 0.1) is 6.04 Å². The van der Waals surface area contributed by atoms with Gasteiger partial charge >= 0.3 is 0 Å². The second-order valence-electron chi connectivity index (χ2n) is 7.23. The number of nitrogens with zero attached hydrogens (tertiary/aromatic N) is 1. The van der Waals surface area contributed by atoms with Crippen LogP contribution in [-0.2, 0) is 0 Å². The first-order chi connectivity index (χ1) is 10.4. The molecule has 4 unspecified atom stereocenters. The van der Waals surface area contributed by atoms with Gasteiger partial charge in [0.25, 0.3) is 0 Å². The number of likely N-dealkylation sites (N-methyl/N-ethyl adjacent to an activating group) is 1. The molecule has 1 aliphatic rings. The highest BCUT2D eigenvalue weighted by atomic mass is 16.3. The van der Waals surface area contributed by atoms with E-state index in [-0.39, 0.29) is 6.04 Å². The predicted molar refractivity (Wildman–Crippen MR) is 95.9 cm³/mol. The average molecular weight is 311 g/mol. The van der Waals surface area contributed by atoms with Crippen LogP contribution in [0.15, 0.2) is 12.2 Å². The highest BCUT2D eigenvalue weighted by molar-refractivity contribution is 4.97. The highest BCUT2D eigenvalue weighted by Gasteiger charge is 2.39. The van der Waals surface area contributed by atoms with Gasteiger partial charge in [0.2, 0.25) is 0 Å². The number of aliphatic hydroxyl groups is 1. The van der Waals surface area contributed by atoms with Gasteiger partial charge in [-0.1, -0.05) is 45.8 Å². The summed E-state index contributed by atoms with van der Waals surface area (Å²) in [5, 5.41) is 14.4. The normalized spacial score (nSPS) is 25.5. The molecule has 22 heavy (non-hydrogen) atoms. The SMILES string of the molecule is CCCCC/C=C\C(C)C(CC)NC(C)(O)C1CCCN1C. The van der Waals surface area contributed by atoms with Gasteiger partial charge in [-0.15, -0.1) is 0 Å². The quantitative estimate of drug-likeness (QED) is 0.364. The Bertz CT molecular complexity index is 327. The monoisotopic (exact) mass is 310 g/mol.